The van der Waals surface area contributed by atoms with Crippen LogP contribution in [0.25, 0.3) is 0 Å². The Morgan fingerprint density at radius 3 is 3.05 bits per heavy atom. The average Bonchev–Trinajstić information content (AvgIpc) is 3.01. The normalized spacial score (nSPS) is 19.1. The molecular weight excluding hydrogens is 259 g/mol. The highest BCUT2D eigenvalue weighted by atomic mass is 19.1. The largest absolute Gasteiger partial charge is 0.338 e. The number of carbonyl (C=O) groups excluding carboxylic acids is 1. The van der Waals surface area contributed by atoms with Gasteiger partial charge in [0, 0.05) is 48.7 Å². The highest BCUT2D eigenvalue weighted by Gasteiger charge is 2.26. The third kappa shape index (κ3) is 2.54. The molecule has 0 aromatic carbocycles. The lowest BCUT2D eigenvalue weighted by Crippen LogP contribution is -2.39. The molecule has 1 amide bonds. The molecule has 0 saturated carbocycles. The number of amides is 1. The maximum atomic E-state index is 13.1. The number of aromatic nitrogens is 3. The summed E-state index contributed by atoms with van der Waals surface area (Å²) in [5, 5.41) is 6.91. The highest BCUT2D eigenvalue weighted by Crippen LogP contribution is 2.26. The van der Waals surface area contributed by atoms with Crippen LogP contribution < -0.4 is 0 Å². The second-order valence-electron chi connectivity index (χ2n) is 4.97. The molecule has 0 spiro atoms. The zero-order chi connectivity index (χ0) is 13.9. The zero-order valence-corrected chi connectivity index (χ0v) is 10.9. The van der Waals surface area contributed by atoms with Gasteiger partial charge in [0.25, 0.3) is 5.91 Å². The van der Waals surface area contributed by atoms with Gasteiger partial charge in [-0.05, 0) is 25.0 Å². The zero-order valence-electron chi connectivity index (χ0n) is 10.9. The van der Waals surface area contributed by atoms with Gasteiger partial charge in [0.2, 0.25) is 5.95 Å². The van der Waals surface area contributed by atoms with E-state index in [0.717, 1.165) is 18.5 Å². The number of likely N-dealkylation sites (tertiary alicyclic amines) is 1. The summed E-state index contributed by atoms with van der Waals surface area (Å²) in [6.07, 6.45) is 4.99. The van der Waals surface area contributed by atoms with Gasteiger partial charge in [0.15, 0.2) is 0 Å². The Bertz CT molecular complexity index is 599. The van der Waals surface area contributed by atoms with Crippen LogP contribution in [0.2, 0.25) is 0 Å². The molecule has 2 aromatic rings. The van der Waals surface area contributed by atoms with E-state index in [9.17, 15) is 9.18 Å². The van der Waals surface area contributed by atoms with Gasteiger partial charge >= 0.3 is 0 Å². The fourth-order valence-electron chi connectivity index (χ4n) is 2.63. The molecule has 5 nitrogen and oxygen atoms in total. The number of aromatic amines is 1. The van der Waals surface area contributed by atoms with E-state index < -0.39 is 5.95 Å². The van der Waals surface area contributed by atoms with E-state index in [4.69, 9.17) is 0 Å². The molecule has 1 N–H and O–H groups in total. The number of H-pyrrole nitrogens is 1. The van der Waals surface area contributed by atoms with E-state index >= 15 is 0 Å². The van der Waals surface area contributed by atoms with Crippen molar-refractivity contribution in [3.05, 3.63) is 47.8 Å². The summed E-state index contributed by atoms with van der Waals surface area (Å²) in [5.41, 5.74) is 1.39. The van der Waals surface area contributed by atoms with E-state index in [1.54, 1.807) is 17.2 Å². The molecule has 1 unspecified atom stereocenters. The van der Waals surface area contributed by atoms with Crippen LogP contribution in [-0.4, -0.2) is 39.1 Å². The summed E-state index contributed by atoms with van der Waals surface area (Å²) in [6, 6.07) is 4.66. The van der Waals surface area contributed by atoms with Crippen LogP contribution in [0.1, 0.15) is 34.8 Å². The van der Waals surface area contributed by atoms with Crippen molar-refractivity contribution in [1.29, 1.82) is 0 Å². The first-order chi connectivity index (χ1) is 9.74. The number of nitrogens with one attached hydrogen (secondary N) is 1. The second kappa shape index (κ2) is 5.40. The summed E-state index contributed by atoms with van der Waals surface area (Å²) in [4.78, 5) is 17.6. The maximum Gasteiger partial charge on any atom is 0.254 e. The monoisotopic (exact) mass is 274 g/mol. The predicted octanol–water partition coefficient (Wildman–Crippen LogP) is 1.96. The molecule has 0 radical (unpaired) electrons. The van der Waals surface area contributed by atoms with Crippen molar-refractivity contribution in [2.75, 3.05) is 13.1 Å². The average molecular weight is 274 g/mol. The Balaban J connectivity index is 1.75. The van der Waals surface area contributed by atoms with E-state index in [2.05, 4.69) is 15.2 Å². The van der Waals surface area contributed by atoms with Gasteiger partial charge in [0.1, 0.15) is 0 Å². The smallest absolute Gasteiger partial charge is 0.254 e. The molecule has 1 atom stereocenters. The van der Waals surface area contributed by atoms with Crippen LogP contribution in [0.5, 0.6) is 0 Å². The molecule has 104 valence electrons. The maximum absolute atomic E-state index is 13.1. The molecule has 6 heteroatoms. The molecule has 1 aliphatic rings. The number of carbonyl (C=O) groups is 1. The topological polar surface area (TPSA) is 61.9 Å². The SMILES string of the molecule is O=C(c1ccnc(F)c1)N1CCCC(c2ccn[nH]2)C1. The van der Waals surface area contributed by atoms with E-state index in [0.29, 0.717) is 18.7 Å². The number of hydrogen-bond donors (Lipinski definition) is 1. The minimum atomic E-state index is -0.627. The third-order valence-corrected chi connectivity index (χ3v) is 3.64. The van der Waals surface area contributed by atoms with Crippen molar-refractivity contribution in [3.8, 4) is 0 Å². The molecular formula is C14H15FN4O. The molecule has 1 aliphatic heterocycles. The highest BCUT2D eigenvalue weighted by molar-refractivity contribution is 5.94. The van der Waals surface area contributed by atoms with Gasteiger partial charge in [-0.15, -0.1) is 0 Å². The van der Waals surface area contributed by atoms with Gasteiger partial charge in [-0.3, -0.25) is 9.89 Å². The fraction of sp³-hybridized carbons (Fsp3) is 0.357. The minimum Gasteiger partial charge on any atom is -0.338 e. The van der Waals surface area contributed by atoms with Crippen molar-refractivity contribution in [1.82, 2.24) is 20.1 Å². The Labute approximate surface area is 115 Å². The summed E-state index contributed by atoms with van der Waals surface area (Å²) in [7, 11) is 0. The Kier molecular flexibility index (Phi) is 3.45. The molecule has 0 aliphatic carbocycles. The molecule has 0 bridgehead atoms. The van der Waals surface area contributed by atoms with Crippen LogP contribution in [0, 0.1) is 5.95 Å². The van der Waals surface area contributed by atoms with Crippen molar-refractivity contribution in [2.24, 2.45) is 0 Å². The van der Waals surface area contributed by atoms with Crippen molar-refractivity contribution >= 4 is 5.91 Å². The van der Waals surface area contributed by atoms with E-state index in [1.807, 2.05) is 6.07 Å². The standard InChI is InChI=1S/C14H15FN4O/c15-13-8-10(3-5-16-13)14(20)19-7-1-2-11(9-19)12-4-6-17-18-12/h3-6,8,11H,1-2,7,9H2,(H,17,18). The molecule has 2 aromatic heterocycles. The Morgan fingerprint density at radius 1 is 1.40 bits per heavy atom. The quantitative estimate of drug-likeness (QED) is 0.852. The molecule has 3 rings (SSSR count). The number of rotatable bonds is 2. The summed E-state index contributed by atoms with van der Waals surface area (Å²) in [5.74, 6) is -0.504. The fourth-order valence-corrected chi connectivity index (χ4v) is 2.63. The van der Waals surface area contributed by atoms with Crippen LogP contribution in [0.3, 0.4) is 0 Å². The molecule has 1 fully saturated rings. The Morgan fingerprint density at radius 2 is 2.30 bits per heavy atom. The number of halogens is 1. The first-order valence-electron chi connectivity index (χ1n) is 6.64. The first-order valence-corrected chi connectivity index (χ1v) is 6.64. The van der Waals surface area contributed by atoms with Crippen molar-refractivity contribution in [2.45, 2.75) is 18.8 Å². The lowest BCUT2D eigenvalue weighted by atomic mass is 9.94. The van der Waals surface area contributed by atoms with Gasteiger partial charge in [-0.2, -0.15) is 9.49 Å². The second-order valence-corrected chi connectivity index (χ2v) is 4.97. The minimum absolute atomic E-state index is 0.143. The van der Waals surface area contributed by atoms with Crippen LogP contribution in [0.15, 0.2) is 30.6 Å². The summed E-state index contributed by atoms with van der Waals surface area (Å²) < 4.78 is 13.1. The number of pyridine rings is 1. The van der Waals surface area contributed by atoms with E-state index in [1.165, 1.54) is 12.3 Å². The lowest BCUT2D eigenvalue weighted by molar-refractivity contribution is 0.0705. The third-order valence-electron chi connectivity index (χ3n) is 3.64. The van der Waals surface area contributed by atoms with Crippen LogP contribution >= 0.6 is 0 Å². The van der Waals surface area contributed by atoms with Crippen molar-refractivity contribution in [3.63, 3.8) is 0 Å². The van der Waals surface area contributed by atoms with Gasteiger partial charge in [0.05, 0.1) is 0 Å². The molecule has 20 heavy (non-hydrogen) atoms. The van der Waals surface area contributed by atoms with Crippen LogP contribution in [-0.2, 0) is 0 Å². The number of piperidine rings is 1. The predicted molar refractivity (Wildman–Crippen MR) is 70.7 cm³/mol. The van der Waals surface area contributed by atoms with Crippen molar-refractivity contribution < 1.29 is 9.18 Å². The van der Waals surface area contributed by atoms with Gasteiger partial charge in [-0.25, -0.2) is 4.98 Å². The van der Waals surface area contributed by atoms with Gasteiger partial charge < -0.3 is 4.90 Å². The molecule has 3 heterocycles. The first kappa shape index (κ1) is 12.8. The lowest BCUT2D eigenvalue weighted by Gasteiger charge is -2.32. The summed E-state index contributed by atoms with van der Waals surface area (Å²) >= 11 is 0. The van der Waals surface area contributed by atoms with Crippen LogP contribution in [0.4, 0.5) is 4.39 Å². The number of nitrogens with zero attached hydrogens (tertiary/aromatic N) is 3. The van der Waals surface area contributed by atoms with E-state index in [-0.39, 0.29) is 11.8 Å². The number of hydrogen-bond acceptors (Lipinski definition) is 3. The van der Waals surface area contributed by atoms with Gasteiger partial charge in [-0.1, -0.05) is 0 Å². The summed E-state index contributed by atoms with van der Waals surface area (Å²) in [6.45, 7) is 1.33. The molecule has 1 saturated heterocycles. The Hall–Kier alpha value is -2.24.